The fourth-order valence-electron chi connectivity index (χ4n) is 1.83. The lowest BCUT2D eigenvalue weighted by atomic mass is 10.1. The number of benzene rings is 1. The van der Waals surface area contributed by atoms with E-state index >= 15 is 0 Å². The first-order valence-electron chi connectivity index (χ1n) is 6.11. The Balaban J connectivity index is 2.10. The van der Waals surface area contributed by atoms with Gasteiger partial charge < -0.3 is 4.57 Å². The highest BCUT2D eigenvalue weighted by molar-refractivity contribution is 7.89. The number of alkyl halides is 1. The van der Waals surface area contributed by atoms with Crippen molar-refractivity contribution >= 4 is 21.6 Å². The molecule has 1 unspecified atom stereocenters. The molecule has 0 radical (unpaired) electrons. The van der Waals surface area contributed by atoms with E-state index in [9.17, 15) is 8.42 Å². The van der Waals surface area contributed by atoms with Gasteiger partial charge in [0.2, 0.25) is 0 Å². The lowest BCUT2D eigenvalue weighted by molar-refractivity contribution is 0.558. The number of sulfonamides is 1. The van der Waals surface area contributed by atoms with E-state index in [0.29, 0.717) is 6.42 Å². The van der Waals surface area contributed by atoms with Crippen molar-refractivity contribution in [1.29, 1.82) is 0 Å². The molecule has 2 rings (SSSR count). The number of rotatable bonds is 6. The van der Waals surface area contributed by atoms with Gasteiger partial charge in [-0.1, -0.05) is 30.3 Å². The van der Waals surface area contributed by atoms with Gasteiger partial charge >= 0.3 is 0 Å². The van der Waals surface area contributed by atoms with Crippen molar-refractivity contribution in [1.82, 2.24) is 14.3 Å². The second-order valence-electron chi connectivity index (χ2n) is 4.54. The molecule has 0 aliphatic carbocycles. The molecule has 1 aromatic carbocycles. The first-order chi connectivity index (χ1) is 9.51. The van der Waals surface area contributed by atoms with E-state index < -0.39 is 10.0 Å². The van der Waals surface area contributed by atoms with Crippen molar-refractivity contribution in [2.24, 2.45) is 7.05 Å². The summed E-state index contributed by atoms with van der Waals surface area (Å²) in [5, 5.41) is 0.00294. The van der Waals surface area contributed by atoms with E-state index in [1.807, 2.05) is 30.3 Å². The predicted octanol–water partition coefficient (Wildman–Crippen LogP) is 1.55. The molecule has 2 aromatic rings. The van der Waals surface area contributed by atoms with Crippen LogP contribution in [0.5, 0.6) is 0 Å². The maximum atomic E-state index is 12.2. The van der Waals surface area contributed by atoms with Gasteiger partial charge in [0.05, 0.1) is 6.33 Å². The Labute approximate surface area is 123 Å². The fraction of sp³-hybridized carbons (Fsp3) is 0.308. The average molecular weight is 314 g/mol. The Morgan fingerprint density at radius 2 is 2.05 bits per heavy atom. The molecule has 1 heterocycles. The van der Waals surface area contributed by atoms with Crippen molar-refractivity contribution < 1.29 is 8.42 Å². The molecule has 0 spiro atoms. The molecule has 7 heteroatoms. The van der Waals surface area contributed by atoms with Gasteiger partial charge in [0, 0.05) is 25.2 Å². The van der Waals surface area contributed by atoms with Crippen LogP contribution in [0, 0.1) is 0 Å². The maximum Gasteiger partial charge on any atom is 0.259 e. The molecular weight excluding hydrogens is 298 g/mol. The van der Waals surface area contributed by atoms with Crippen LogP contribution in [0.3, 0.4) is 0 Å². The monoisotopic (exact) mass is 313 g/mol. The van der Waals surface area contributed by atoms with Crippen LogP contribution >= 0.6 is 11.6 Å². The van der Waals surface area contributed by atoms with Crippen LogP contribution in [0.2, 0.25) is 0 Å². The molecule has 0 bridgehead atoms. The highest BCUT2D eigenvalue weighted by Gasteiger charge is 2.21. The van der Waals surface area contributed by atoms with Crippen LogP contribution in [0.4, 0.5) is 0 Å². The summed E-state index contributed by atoms with van der Waals surface area (Å²) in [5.41, 5.74) is 1.03. The summed E-state index contributed by atoms with van der Waals surface area (Å²) in [7, 11) is -1.92. The van der Waals surface area contributed by atoms with Crippen LogP contribution in [0.25, 0.3) is 0 Å². The molecule has 0 saturated heterocycles. The van der Waals surface area contributed by atoms with Crippen molar-refractivity contribution in [3.05, 3.63) is 48.4 Å². The minimum absolute atomic E-state index is 0.00294. The second-order valence-corrected chi connectivity index (χ2v) is 6.51. The maximum absolute atomic E-state index is 12.2. The lowest BCUT2D eigenvalue weighted by Crippen LogP contribution is -2.37. The summed E-state index contributed by atoms with van der Waals surface area (Å²) >= 11 is 5.86. The van der Waals surface area contributed by atoms with E-state index in [1.54, 1.807) is 11.6 Å². The number of nitrogens with zero attached hydrogens (tertiary/aromatic N) is 2. The summed E-state index contributed by atoms with van der Waals surface area (Å²) < 4.78 is 28.5. The molecule has 108 valence electrons. The third kappa shape index (κ3) is 3.82. The molecule has 20 heavy (non-hydrogen) atoms. The van der Waals surface area contributed by atoms with Crippen LogP contribution < -0.4 is 4.72 Å². The summed E-state index contributed by atoms with van der Waals surface area (Å²) in [6.45, 7) is 0. The van der Waals surface area contributed by atoms with Gasteiger partial charge in [0.25, 0.3) is 10.0 Å². The standard InChI is InChI=1S/C13H16ClN3O2S/c1-17-9-13(15-10-17)20(18,19)16-12(8-14)7-11-5-3-2-4-6-11/h2-6,9-10,12,16H,7-8H2,1H3. The largest absolute Gasteiger partial charge is 0.339 e. The van der Waals surface area contributed by atoms with Gasteiger partial charge in [-0.3, -0.25) is 0 Å². The number of hydrogen-bond acceptors (Lipinski definition) is 3. The number of aromatic nitrogens is 2. The topological polar surface area (TPSA) is 64.0 Å². The van der Waals surface area contributed by atoms with Crippen LogP contribution in [0.15, 0.2) is 47.9 Å². The van der Waals surface area contributed by atoms with Gasteiger partial charge in [-0.15, -0.1) is 11.6 Å². The molecule has 5 nitrogen and oxygen atoms in total. The zero-order valence-electron chi connectivity index (χ0n) is 11.0. The van der Waals surface area contributed by atoms with Crippen LogP contribution in [-0.4, -0.2) is 29.9 Å². The zero-order valence-corrected chi connectivity index (χ0v) is 12.6. The number of halogens is 1. The third-order valence-corrected chi connectivity index (χ3v) is 4.57. The normalized spacial score (nSPS) is 13.3. The van der Waals surface area contributed by atoms with Crippen molar-refractivity contribution in [2.45, 2.75) is 17.5 Å². The van der Waals surface area contributed by atoms with Gasteiger partial charge in [0.1, 0.15) is 0 Å². The van der Waals surface area contributed by atoms with Crippen molar-refractivity contribution in [3.8, 4) is 0 Å². The van der Waals surface area contributed by atoms with Gasteiger partial charge in [-0.2, -0.15) is 0 Å². The molecule has 0 fully saturated rings. The Hall–Kier alpha value is -1.37. The van der Waals surface area contributed by atoms with E-state index in [-0.39, 0.29) is 16.9 Å². The van der Waals surface area contributed by atoms with Crippen molar-refractivity contribution in [3.63, 3.8) is 0 Å². The van der Waals surface area contributed by atoms with Gasteiger partial charge in [-0.05, 0) is 12.0 Å². The molecule has 0 amide bonds. The summed E-state index contributed by atoms with van der Waals surface area (Å²) in [6.07, 6.45) is 3.44. The average Bonchev–Trinajstić information content (AvgIpc) is 2.86. The minimum Gasteiger partial charge on any atom is -0.339 e. The SMILES string of the molecule is Cn1cnc(S(=O)(=O)NC(CCl)Cc2ccccc2)c1. The zero-order chi connectivity index (χ0) is 14.6. The molecule has 1 atom stereocenters. The van der Waals surface area contributed by atoms with Crippen molar-refractivity contribution in [2.75, 3.05) is 5.88 Å². The predicted molar refractivity (Wildman–Crippen MR) is 78.2 cm³/mol. The highest BCUT2D eigenvalue weighted by Crippen LogP contribution is 2.09. The lowest BCUT2D eigenvalue weighted by Gasteiger charge is -2.15. The van der Waals surface area contributed by atoms with Gasteiger partial charge in [-0.25, -0.2) is 18.1 Å². The Morgan fingerprint density at radius 3 is 2.60 bits per heavy atom. The van der Waals surface area contributed by atoms with E-state index in [2.05, 4.69) is 9.71 Å². The van der Waals surface area contributed by atoms with E-state index in [1.165, 1.54) is 12.5 Å². The molecule has 0 saturated carbocycles. The fourth-order valence-corrected chi connectivity index (χ4v) is 3.33. The molecule has 0 aliphatic rings. The second kappa shape index (κ2) is 6.39. The van der Waals surface area contributed by atoms with E-state index in [4.69, 9.17) is 11.6 Å². The Bertz CT molecular complexity index is 655. The smallest absolute Gasteiger partial charge is 0.259 e. The molecule has 1 N–H and O–H groups in total. The quantitative estimate of drug-likeness (QED) is 0.823. The Kier molecular flexibility index (Phi) is 4.80. The molecule has 1 aromatic heterocycles. The molecule has 0 aliphatic heterocycles. The third-order valence-electron chi connectivity index (χ3n) is 2.79. The van der Waals surface area contributed by atoms with Crippen LogP contribution in [0.1, 0.15) is 5.56 Å². The van der Waals surface area contributed by atoms with Crippen LogP contribution in [-0.2, 0) is 23.5 Å². The van der Waals surface area contributed by atoms with Gasteiger partial charge in [0.15, 0.2) is 5.03 Å². The summed E-state index contributed by atoms with van der Waals surface area (Å²) in [5.74, 6) is 0.195. The molecular formula is C13H16ClN3O2S. The number of hydrogen-bond donors (Lipinski definition) is 1. The summed E-state index contributed by atoms with van der Waals surface area (Å²) in [6, 6.07) is 9.24. The first kappa shape index (κ1) is 15.0. The minimum atomic E-state index is -3.64. The van der Waals surface area contributed by atoms with E-state index in [0.717, 1.165) is 5.56 Å². The number of imidazole rings is 1. The number of nitrogens with one attached hydrogen (secondary N) is 1. The summed E-state index contributed by atoms with van der Waals surface area (Å²) in [4.78, 5) is 3.85. The highest BCUT2D eigenvalue weighted by atomic mass is 35.5. The number of aryl methyl sites for hydroxylation is 1. The Morgan fingerprint density at radius 1 is 1.35 bits per heavy atom. The first-order valence-corrected chi connectivity index (χ1v) is 8.13.